The van der Waals surface area contributed by atoms with Gasteiger partial charge in [-0.25, -0.2) is 9.59 Å². The molecule has 0 rings (SSSR count). The van der Waals surface area contributed by atoms with Crippen LogP contribution in [0.4, 0.5) is 0 Å². The van der Waals surface area contributed by atoms with Crippen LogP contribution in [-0.4, -0.2) is 22.2 Å². The molecule has 0 fully saturated rings. The third-order valence-corrected chi connectivity index (χ3v) is 0.368. The molecule has 4 nitrogen and oxygen atoms in total. The minimum absolute atomic E-state index is 0. The smallest absolute Gasteiger partial charge is 1.00 e. The monoisotopic (exact) mass is 132 g/mol. The molecule has 0 spiro atoms. The molecule has 0 aliphatic heterocycles. The Balaban J connectivity index is -0.0000000408. The van der Waals surface area contributed by atoms with Gasteiger partial charge < -0.3 is 13.1 Å². The second-order valence-corrected chi connectivity index (χ2v) is 1.01. The van der Waals surface area contributed by atoms with E-state index in [0.717, 1.165) is 0 Å². The number of rotatable bonds is 2. The fraction of sp³-hybridized carbons (Fsp3) is 0. The van der Waals surface area contributed by atoms with Gasteiger partial charge in [-0.3, -0.25) is 0 Å². The van der Waals surface area contributed by atoms with Crippen molar-refractivity contribution in [2.45, 2.75) is 0 Å². The van der Waals surface area contributed by atoms with Gasteiger partial charge in [-0.15, -0.1) is 0 Å². The van der Waals surface area contributed by atoms with Crippen molar-refractivity contribution in [2.24, 2.45) is 0 Å². The third kappa shape index (κ3) is 15.7. The maximum Gasteiger partial charge on any atom is 1.00 e. The van der Waals surface area contributed by atoms with E-state index in [1.165, 1.54) is 0 Å². The molecular weight excluding hydrogens is 126 g/mol. The second kappa shape index (κ2) is 8.87. The zero-order chi connectivity index (χ0) is 6.57. The predicted octanol–water partition coefficient (Wildman–Crippen LogP) is -6.06. The van der Waals surface area contributed by atoms with E-state index in [1.54, 1.807) is 0 Å². The van der Waals surface area contributed by atoms with Crippen molar-refractivity contribution >= 4 is 11.9 Å². The maximum atomic E-state index is 9.55. The molecule has 0 amide bonds. The summed E-state index contributed by atoms with van der Waals surface area (Å²) < 4.78 is 0. The fourth-order valence-electron chi connectivity index (χ4n) is 0.143. The van der Waals surface area contributed by atoms with E-state index in [2.05, 4.69) is 0 Å². The van der Waals surface area contributed by atoms with Crippen molar-refractivity contribution in [2.75, 3.05) is 0 Å². The third-order valence-electron chi connectivity index (χ3n) is 0.368. The number of carboxylic acids is 2. The number of hydrogen-bond acceptors (Lipinski definition) is 2. The van der Waals surface area contributed by atoms with Crippen LogP contribution in [0.2, 0.25) is 0 Å². The zero-order valence-electron chi connectivity index (χ0n) is 7.87. The van der Waals surface area contributed by atoms with Crippen molar-refractivity contribution < 1.29 is 60.4 Å². The second-order valence-electron chi connectivity index (χ2n) is 1.01. The first-order chi connectivity index (χ1) is 3.63. The fourth-order valence-corrected chi connectivity index (χ4v) is 0.143. The number of carboxylic acid groups (broad SMARTS) is 2. The van der Waals surface area contributed by atoms with Crippen LogP contribution in [0.5, 0.6) is 0 Å². The number of carbonyl (C=O) groups is 2. The van der Waals surface area contributed by atoms with Gasteiger partial charge in [-0.1, -0.05) is 0 Å². The van der Waals surface area contributed by atoms with Gasteiger partial charge >= 0.3 is 49.7 Å². The molecular formula is C4H6Li2O4. The zero-order valence-corrected chi connectivity index (χ0v) is 5.87. The Morgan fingerprint density at radius 3 is 1.30 bits per heavy atom. The molecule has 0 aliphatic carbocycles. The van der Waals surface area contributed by atoms with Crippen LogP contribution < -0.4 is 37.7 Å². The van der Waals surface area contributed by atoms with Gasteiger partial charge in [0.25, 0.3) is 0 Å². The summed E-state index contributed by atoms with van der Waals surface area (Å²) in [4.78, 5) is 19.1. The van der Waals surface area contributed by atoms with Gasteiger partial charge in [0.05, 0.1) is 0 Å². The van der Waals surface area contributed by atoms with Crippen molar-refractivity contribution in [1.29, 1.82) is 0 Å². The van der Waals surface area contributed by atoms with Crippen molar-refractivity contribution in [3.8, 4) is 0 Å². The summed E-state index contributed by atoms with van der Waals surface area (Å²) >= 11 is 0. The van der Waals surface area contributed by atoms with E-state index in [1.807, 2.05) is 0 Å². The molecule has 10 heavy (non-hydrogen) atoms. The molecule has 6 heteroatoms. The Morgan fingerprint density at radius 2 is 1.20 bits per heavy atom. The molecule has 0 aromatic rings. The largest absolute Gasteiger partial charge is 1.00 e. The van der Waals surface area contributed by atoms with Gasteiger partial charge in [0.15, 0.2) is 0 Å². The van der Waals surface area contributed by atoms with Gasteiger partial charge in [0.1, 0.15) is 0 Å². The Bertz CT molecular complexity index is 134. The van der Waals surface area contributed by atoms with E-state index in [0.29, 0.717) is 12.2 Å². The summed E-state index contributed by atoms with van der Waals surface area (Å²) in [5.74, 6) is -2.51. The molecule has 0 saturated carbocycles. The van der Waals surface area contributed by atoms with Crippen LogP contribution in [0, 0.1) is 0 Å². The molecule has 0 atom stereocenters. The van der Waals surface area contributed by atoms with Crippen LogP contribution in [0.3, 0.4) is 0 Å². The van der Waals surface area contributed by atoms with Crippen molar-refractivity contribution in [3.05, 3.63) is 12.2 Å². The number of aliphatic carboxylic acids is 2. The summed E-state index contributed by atoms with van der Waals surface area (Å²) in [6.45, 7) is 0. The first kappa shape index (κ1) is 16.5. The van der Waals surface area contributed by atoms with Crippen LogP contribution in [-0.2, 0) is 9.59 Å². The minimum Gasteiger partial charge on any atom is -1.00 e. The molecule has 0 heterocycles. The molecule has 0 aromatic heterocycles. The summed E-state index contributed by atoms with van der Waals surface area (Å²) in [7, 11) is 0. The summed E-state index contributed by atoms with van der Waals surface area (Å²) in [5.41, 5.74) is 0. The standard InChI is InChI=1S/C4H4O4.2Li.2H/c5-3(6)1-2-4(7)8;;;;/h1-2H,(H,5,6)(H,7,8);;;;/q;2*+1;2*-1/b2-1-;;;;. The summed E-state index contributed by atoms with van der Waals surface area (Å²) in [6, 6.07) is 0. The average molecular weight is 132 g/mol. The Kier molecular flexibility index (Phi) is 14.6. The summed E-state index contributed by atoms with van der Waals surface area (Å²) in [6.07, 6.45) is 1.12. The van der Waals surface area contributed by atoms with Crippen molar-refractivity contribution in [3.63, 3.8) is 0 Å². The average Bonchev–Trinajstić information content (AvgIpc) is 1.61. The normalized spacial score (nSPS) is 7.60. The van der Waals surface area contributed by atoms with Gasteiger partial charge in [-0.2, -0.15) is 0 Å². The quantitative estimate of drug-likeness (QED) is 0.289. The van der Waals surface area contributed by atoms with Gasteiger partial charge in [-0.05, 0) is 0 Å². The van der Waals surface area contributed by atoms with Crippen LogP contribution in [0.15, 0.2) is 12.2 Å². The van der Waals surface area contributed by atoms with Crippen LogP contribution >= 0.6 is 0 Å². The molecule has 0 saturated heterocycles. The molecule has 0 unspecified atom stereocenters. The predicted molar refractivity (Wildman–Crippen MR) is 26.6 cm³/mol. The molecule has 0 radical (unpaired) electrons. The Hall–Kier alpha value is -0.125. The Labute approximate surface area is 84.6 Å². The van der Waals surface area contributed by atoms with Crippen LogP contribution in [0.1, 0.15) is 2.85 Å². The molecule has 0 aromatic carbocycles. The molecule has 0 bridgehead atoms. The topological polar surface area (TPSA) is 74.6 Å². The molecule has 2 N–H and O–H groups in total. The van der Waals surface area contributed by atoms with E-state index in [9.17, 15) is 9.59 Å². The summed E-state index contributed by atoms with van der Waals surface area (Å²) in [5, 5.41) is 15.6. The SMILES string of the molecule is O=C(O)/C=C\C(=O)O.[H-].[H-].[Li+].[Li+]. The van der Waals surface area contributed by atoms with E-state index in [-0.39, 0.29) is 40.6 Å². The van der Waals surface area contributed by atoms with E-state index < -0.39 is 11.9 Å². The van der Waals surface area contributed by atoms with Gasteiger partial charge in [0, 0.05) is 12.2 Å². The van der Waals surface area contributed by atoms with Crippen molar-refractivity contribution in [1.82, 2.24) is 0 Å². The Morgan fingerprint density at radius 1 is 1.00 bits per heavy atom. The first-order valence-corrected chi connectivity index (χ1v) is 1.77. The van der Waals surface area contributed by atoms with E-state index >= 15 is 0 Å². The minimum atomic E-state index is -1.26. The van der Waals surface area contributed by atoms with Crippen LogP contribution in [0.25, 0.3) is 0 Å². The first-order valence-electron chi connectivity index (χ1n) is 1.77. The maximum absolute atomic E-state index is 9.55. The number of hydrogen-bond donors (Lipinski definition) is 2. The van der Waals surface area contributed by atoms with E-state index in [4.69, 9.17) is 10.2 Å². The molecule has 48 valence electrons. The van der Waals surface area contributed by atoms with Gasteiger partial charge in [0.2, 0.25) is 0 Å². The molecule has 0 aliphatic rings.